The lowest BCUT2D eigenvalue weighted by Gasteiger charge is -2.22. The summed E-state index contributed by atoms with van der Waals surface area (Å²) in [5, 5.41) is 4.17. The van der Waals surface area contributed by atoms with Gasteiger partial charge in [0.1, 0.15) is 11.5 Å². The van der Waals surface area contributed by atoms with Gasteiger partial charge in [0, 0.05) is 34.1 Å². The van der Waals surface area contributed by atoms with Gasteiger partial charge >= 0.3 is 0 Å². The van der Waals surface area contributed by atoms with Crippen molar-refractivity contribution in [1.29, 1.82) is 0 Å². The summed E-state index contributed by atoms with van der Waals surface area (Å²) in [5.41, 5.74) is 1.55. The van der Waals surface area contributed by atoms with Gasteiger partial charge in [-0.3, -0.25) is 9.59 Å². The van der Waals surface area contributed by atoms with E-state index in [0.29, 0.717) is 31.1 Å². The second-order valence-electron chi connectivity index (χ2n) is 6.35. The maximum Gasteiger partial charge on any atom is 0.273 e. The highest BCUT2D eigenvalue weighted by Crippen LogP contribution is 2.23. The average Bonchev–Trinajstić information content (AvgIpc) is 3.23. The van der Waals surface area contributed by atoms with Gasteiger partial charge in [-0.25, -0.2) is 4.98 Å². The molecule has 1 N–H and O–H groups in total. The van der Waals surface area contributed by atoms with E-state index in [0.717, 1.165) is 23.4 Å². The molecule has 0 unspecified atom stereocenters. The molecule has 1 aliphatic rings. The minimum absolute atomic E-state index is 0.0921. The molecule has 0 saturated carbocycles. The second kappa shape index (κ2) is 7.74. The molecule has 138 valence electrons. The zero-order valence-electron chi connectivity index (χ0n) is 15.2. The summed E-state index contributed by atoms with van der Waals surface area (Å²) >= 11 is 1.70. The van der Waals surface area contributed by atoms with E-state index < -0.39 is 0 Å². The number of hydrogen-bond donors (Lipinski definition) is 1. The number of thiazole rings is 1. The number of para-hydroxylation sites is 1. The van der Waals surface area contributed by atoms with Crippen molar-refractivity contribution in [3.63, 3.8) is 0 Å². The number of nitrogens with zero attached hydrogens (tertiary/aromatic N) is 4. The number of amides is 2. The minimum atomic E-state index is -0.0921. The average molecular weight is 373 g/mol. The lowest BCUT2D eigenvalue weighted by atomic mass is 10.2. The van der Waals surface area contributed by atoms with E-state index in [1.807, 2.05) is 30.1 Å². The van der Waals surface area contributed by atoms with E-state index >= 15 is 0 Å². The number of rotatable bonds is 7. The zero-order chi connectivity index (χ0) is 18.7. The molecule has 1 aromatic heterocycles. The molecule has 0 saturated heterocycles. The number of aromatic nitrogens is 1. The maximum atomic E-state index is 12.8. The molecule has 3 rings (SSSR count). The van der Waals surface area contributed by atoms with Crippen LogP contribution in [0.4, 0.5) is 0 Å². The predicted octanol–water partition coefficient (Wildman–Crippen LogP) is 1.44. The molecule has 0 fully saturated rings. The van der Waals surface area contributed by atoms with Crippen molar-refractivity contribution < 1.29 is 9.59 Å². The lowest BCUT2D eigenvalue weighted by Crippen LogP contribution is -2.35. The highest BCUT2D eigenvalue weighted by molar-refractivity contribution is 7.18. The maximum absolute atomic E-state index is 12.8. The molecule has 7 nitrogen and oxygen atoms in total. The first-order chi connectivity index (χ1) is 12.5. The molecule has 0 bridgehead atoms. The van der Waals surface area contributed by atoms with Crippen molar-refractivity contribution in [3.8, 4) is 0 Å². The standard InChI is InChI=1S/C18H23N5O2S/c1-21(18(25)16-17(23(3)12-24)19-11-22(16)2)10-6-9-15-20-13-7-4-5-8-14(13)26-15/h4-5,7-8,12,19H,6,9-11H2,1-3H3. The first kappa shape index (κ1) is 18.2. The highest BCUT2D eigenvalue weighted by Gasteiger charge is 2.29. The van der Waals surface area contributed by atoms with E-state index in [4.69, 9.17) is 0 Å². The molecule has 2 heterocycles. The van der Waals surface area contributed by atoms with Crippen LogP contribution in [0.1, 0.15) is 11.4 Å². The number of likely N-dealkylation sites (N-methyl/N-ethyl adjacent to an activating group) is 2. The summed E-state index contributed by atoms with van der Waals surface area (Å²) in [5.74, 6) is 0.455. The molecular weight excluding hydrogens is 350 g/mol. The Hall–Kier alpha value is -2.61. The van der Waals surface area contributed by atoms with E-state index in [9.17, 15) is 9.59 Å². The Bertz CT molecular complexity index is 814. The largest absolute Gasteiger partial charge is 0.352 e. The van der Waals surface area contributed by atoms with Crippen molar-refractivity contribution in [3.05, 3.63) is 40.8 Å². The van der Waals surface area contributed by atoms with Crippen LogP contribution in [0.2, 0.25) is 0 Å². The van der Waals surface area contributed by atoms with Crippen LogP contribution in [0.5, 0.6) is 0 Å². The quantitative estimate of drug-likeness (QED) is 0.744. The van der Waals surface area contributed by atoms with E-state index in [1.54, 1.807) is 30.3 Å². The first-order valence-corrected chi connectivity index (χ1v) is 9.30. The third-order valence-electron chi connectivity index (χ3n) is 4.37. The number of fused-ring (bicyclic) bond motifs is 1. The third kappa shape index (κ3) is 3.65. The number of benzene rings is 1. The molecule has 2 aromatic rings. The van der Waals surface area contributed by atoms with E-state index in [1.165, 1.54) is 9.60 Å². The van der Waals surface area contributed by atoms with Crippen molar-refractivity contribution in [2.45, 2.75) is 12.8 Å². The summed E-state index contributed by atoms with van der Waals surface area (Å²) < 4.78 is 1.19. The Morgan fingerprint density at radius 2 is 2.15 bits per heavy atom. The molecule has 0 atom stereocenters. The highest BCUT2D eigenvalue weighted by atomic mass is 32.1. The molecule has 1 aromatic carbocycles. The van der Waals surface area contributed by atoms with Crippen LogP contribution < -0.4 is 5.32 Å². The zero-order valence-corrected chi connectivity index (χ0v) is 16.0. The summed E-state index contributed by atoms with van der Waals surface area (Å²) in [4.78, 5) is 33.4. The smallest absolute Gasteiger partial charge is 0.273 e. The molecule has 1 aliphatic heterocycles. The van der Waals surface area contributed by atoms with Gasteiger partial charge in [0.25, 0.3) is 5.91 Å². The number of carbonyl (C=O) groups excluding carboxylic acids is 2. The van der Waals surface area contributed by atoms with Gasteiger partial charge in [-0.1, -0.05) is 12.1 Å². The van der Waals surface area contributed by atoms with Gasteiger partial charge in [0.05, 0.1) is 21.9 Å². The molecule has 0 spiro atoms. The molecule has 2 amide bonds. The number of aryl methyl sites for hydroxylation is 1. The summed E-state index contributed by atoms with van der Waals surface area (Å²) in [6.45, 7) is 1.14. The topological polar surface area (TPSA) is 68.8 Å². The van der Waals surface area contributed by atoms with Gasteiger partial charge in [0.15, 0.2) is 0 Å². The molecule has 0 aliphatic carbocycles. The normalized spacial score (nSPS) is 13.9. The second-order valence-corrected chi connectivity index (χ2v) is 7.47. The van der Waals surface area contributed by atoms with Crippen LogP contribution in [0.15, 0.2) is 35.8 Å². The fourth-order valence-corrected chi connectivity index (χ4v) is 3.93. The molecule has 0 radical (unpaired) electrons. The Balaban J connectivity index is 1.61. The minimum Gasteiger partial charge on any atom is -0.352 e. The molecule has 8 heteroatoms. The van der Waals surface area contributed by atoms with E-state index in [-0.39, 0.29) is 5.91 Å². The summed E-state index contributed by atoms with van der Waals surface area (Å²) in [7, 11) is 5.26. The van der Waals surface area contributed by atoms with Crippen molar-refractivity contribution >= 4 is 33.9 Å². The Kier molecular flexibility index (Phi) is 5.41. The fourth-order valence-electron chi connectivity index (χ4n) is 2.92. The third-order valence-corrected chi connectivity index (χ3v) is 5.47. The van der Waals surface area contributed by atoms with Crippen LogP contribution in [0.3, 0.4) is 0 Å². The Morgan fingerprint density at radius 1 is 1.38 bits per heavy atom. The van der Waals surface area contributed by atoms with Crippen molar-refractivity contribution in [2.75, 3.05) is 34.4 Å². The number of nitrogens with one attached hydrogen (secondary N) is 1. The summed E-state index contributed by atoms with van der Waals surface area (Å²) in [6.07, 6.45) is 2.37. The van der Waals surface area contributed by atoms with E-state index in [2.05, 4.69) is 16.4 Å². The fraction of sp³-hybridized carbons (Fsp3) is 0.389. The van der Waals surface area contributed by atoms with Crippen molar-refractivity contribution in [1.82, 2.24) is 25.0 Å². The van der Waals surface area contributed by atoms with Crippen LogP contribution in [0.25, 0.3) is 10.2 Å². The summed E-state index contributed by atoms with van der Waals surface area (Å²) in [6, 6.07) is 8.11. The Morgan fingerprint density at radius 3 is 2.88 bits per heavy atom. The number of hydrogen-bond acceptors (Lipinski definition) is 6. The molecule has 26 heavy (non-hydrogen) atoms. The van der Waals surface area contributed by atoms with Gasteiger partial charge in [-0.05, 0) is 18.6 Å². The Labute approximate surface area is 156 Å². The molecular formula is C18H23N5O2S. The lowest BCUT2D eigenvalue weighted by molar-refractivity contribution is -0.127. The van der Waals surface area contributed by atoms with Gasteiger partial charge in [-0.15, -0.1) is 11.3 Å². The van der Waals surface area contributed by atoms with Gasteiger partial charge in [0.2, 0.25) is 6.41 Å². The van der Waals surface area contributed by atoms with Crippen LogP contribution in [-0.2, 0) is 16.0 Å². The number of carbonyl (C=O) groups is 2. The van der Waals surface area contributed by atoms with Crippen molar-refractivity contribution in [2.24, 2.45) is 0 Å². The van der Waals surface area contributed by atoms with Crippen LogP contribution >= 0.6 is 11.3 Å². The monoisotopic (exact) mass is 373 g/mol. The van der Waals surface area contributed by atoms with Gasteiger partial charge < -0.3 is 20.0 Å². The first-order valence-electron chi connectivity index (χ1n) is 8.48. The van der Waals surface area contributed by atoms with Gasteiger partial charge in [-0.2, -0.15) is 0 Å². The van der Waals surface area contributed by atoms with Crippen LogP contribution in [-0.4, -0.2) is 66.4 Å². The van der Waals surface area contributed by atoms with Crippen LogP contribution in [0, 0.1) is 0 Å². The predicted molar refractivity (Wildman–Crippen MR) is 102 cm³/mol. The SMILES string of the molecule is CN(C=O)C1=C(C(=O)N(C)CCCc2nc3ccccc3s2)N(C)CN1.